The third-order valence-electron chi connectivity index (χ3n) is 4.36. The van der Waals surface area contributed by atoms with Gasteiger partial charge in [-0.2, -0.15) is 5.10 Å². The molecule has 5 nitrogen and oxygen atoms in total. The number of rotatable bonds is 3. The number of ether oxygens (including phenoxy) is 1. The fourth-order valence-electron chi connectivity index (χ4n) is 3.06. The SMILES string of the molecule is COc1ccc2c(ccc3cnn(-c4ccc(S(C)(=O)=O)cc4)c32)c1Cl. The Morgan fingerprint density at radius 1 is 1.00 bits per heavy atom. The second-order valence-electron chi connectivity index (χ2n) is 6.00. The lowest BCUT2D eigenvalue weighted by molar-refractivity contribution is 0.415. The van der Waals surface area contributed by atoms with Gasteiger partial charge in [0.2, 0.25) is 0 Å². The summed E-state index contributed by atoms with van der Waals surface area (Å²) in [5.41, 5.74) is 1.67. The Kier molecular flexibility index (Phi) is 3.89. The lowest BCUT2D eigenvalue weighted by Crippen LogP contribution is -2.00. The number of methoxy groups -OCH3 is 1. The zero-order valence-corrected chi connectivity index (χ0v) is 15.7. The molecule has 0 aliphatic carbocycles. The van der Waals surface area contributed by atoms with Crippen LogP contribution < -0.4 is 4.74 Å². The molecule has 0 saturated heterocycles. The normalized spacial score (nSPS) is 12.0. The molecule has 0 atom stereocenters. The zero-order valence-electron chi connectivity index (χ0n) is 14.1. The van der Waals surface area contributed by atoms with Gasteiger partial charge < -0.3 is 4.74 Å². The zero-order chi connectivity index (χ0) is 18.5. The van der Waals surface area contributed by atoms with E-state index in [0.29, 0.717) is 10.8 Å². The van der Waals surface area contributed by atoms with E-state index in [4.69, 9.17) is 16.3 Å². The summed E-state index contributed by atoms with van der Waals surface area (Å²) in [6, 6.07) is 14.3. The molecular weight excluding hydrogens is 372 g/mol. The molecule has 3 aromatic carbocycles. The molecule has 4 aromatic rings. The second kappa shape index (κ2) is 6.00. The van der Waals surface area contributed by atoms with Gasteiger partial charge in [-0.25, -0.2) is 13.1 Å². The number of aromatic nitrogens is 2. The molecule has 0 aliphatic heterocycles. The molecule has 26 heavy (non-hydrogen) atoms. The van der Waals surface area contributed by atoms with Crippen LogP contribution in [0, 0.1) is 0 Å². The highest BCUT2D eigenvalue weighted by molar-refractivity contribution is 7.90. The average Bonchev–Trinajstić information content (AvgIpc) is 3.06. The van der Waals surface area contributed by atoms with Crippen molar-refractivity contribution in [2.45, 2.75) is 4.90 Å². The Labute approximate surface area is 155 Å². The molecule has 4 rings (SSSR count). The van der Waals surface area contributed by atoms with Crippen LogP contribution in [0.1, 0.15) is 0 Å². The number of sulfone groups is 1. The van der Waals surface area contributed by atoms with Gasteiger partial charge in [0.1, 0.15) is 5.75 Å². The standard InChI is InChI=1S/C19H15ClN2O3S/c1-25-17-10-9-16-15(18(17)20)8-3-12-11-21-22(19(12)16)13-4-6-14(7-5-13)26(2,23)24/h3-11H,1-2H3. The number of hydrogen-bond donors (Lipinski definition) is 0. The molecule has 132 valence electrons. The summed E-state index contributed by atoms with van der Waals surface area (Å²) in [6.45, 7) is 0. The van der Waals surface area contributed by atoms with Crippen molar-refractivity contribution in [3.8, 4) is 11.4 Å². The topological polar surface area (TPSA) is 61.2 Å². The van der Waals surface area contributed by atoms with Crippen LogP contribution in [0.5, 0.6) is 5.75 Å². The highest BCUT2D eigenvalue weighted by Crippen LogP contribution is 2.36. The summed E-state index contributed by atoms with van der Waals surface area (Å²) in [4.78, 5) is 0.273. The summed E-state index contributed by atoms with van der Waals surface area (Å²) in [6.07, 6.45) is 2.96. The fraction of sp³-hybridized carbons (Fsp3) is 0.105. The summed E-state index contributed by atoms with van der Waals surface area (Å²) in [7, 11) is -1.66. The Morgan fingerprint density at radius 2 is 1.69 bits per heavy atom. The maximum atomic E-state index is 11.7. The van der Waals surface area contributed by atoms with Gasteiger partial charge in [0.05, 0.1) is 34.4 Å². The van der Waals surface area contributed by atoms with Crippen LogP contribution in [0.15, 0.2) is 59.6 Å². The van der Waals surface area contributed by atoms with E-state index in [9.17, 15) is 8.42 Å². The number of fused-ring (bicyclic) bond motifs is 3. The van der Waals surface area contributed by atoms with E-state index < -0.39 is 9.84 Å². The first-order valence-corrected chi connectivity index (χ1v) is 10.1. The number of nitrogens with zero attached hydrogens (tertiary/aromatic N) is 2. The summed E-state index contributed by atoms with van der Waals surface area (Å²) in [5, 5.41) is 7.80. The highest BCUT2D eigenvalue weighted by atomic mass is 35.5. The van der Waals surface area contributed by atoms with E-state index in [1.165, 1.54) is 6.26 Å². The van der Waals surface area contributed by atoms with Gasteiger partial charge in [-0.3, -0.25) is 0 Å². The Morgan fingerprint density at radius 3 is 2.35 bits per heavy atom. The minimum atomic E-state index is -3.24. The summed E-state index contributed by atoms with van der Waals surface area (Å²) < 4.78 is 30.4. The predicted octanol–water partition coefficient (Wildman–Crippen LogP) is 4.24. The minimum absolute atomic E-state index is 0.273. The van der Waals surface area contributed by atoms with Crippen molar-refractivity contribution >= 4 is 43.1 Å². The van der Waals surface area contributed by atoms with E-state index in [1.54, 1.807) is 42.3 Å². The quantitative estimate of drug-likeness (QED) is 0.528. The molecule has 0 N–H and O–H groups in total. The van der Waals surface area contributed by atoms with Gasteiger partial charge in [-0.05, 0) is 36.4 Å². The van der Waals surface area contributed by atoms with Crippen LogP contribution in [0.2, 0.25) is 5.02 Å². The van der Waals surface area contributed by atoms with Gasteiger partial charge in [-0.15, -0.1) is 0 Å². The van der Waals surface area contributed by atoms with Gasteiger partial charge in [0.25, 0.3) is 0 Å². The van der Waals surface area contributed by atoms with Crippen LogP contribution in [-0.2, 0) is 9.84 Å². The first-order valence-electron chi connectivity index (χ1n) is 7.83. The molecule has 0 saturated carbocycles. The van der Waals surface area contributed by atoms with E-state index >= 15 is 0 Å². The van der Waals surface area contributed by atoms with Crippen LogP contribution in [0.25, 0.3) is 27.4 Å². The smallest absolute Gasteiger partial charge is 0.175 e. The second-order valence-corrected chi connectivity index (χ2v) is 8.40. The van der Waals surface area contributed by atoms with Crippen molar-refractivity contribution in [3.05, 3.63) is 59.8 Å². The Hall–Kier alpha value is -2.57. The molecule has 0 aliphatic rings. The molecule has 0 bridgehead atoms. The first kappa shape index (κ1) is 16.9. The van der Waals surface area contributed by atoms with E-state index in [2.05, 4.69) is 5.10 Å². The summed E-state index contributed by atoms with van der Waals surface area (Å²) in [5.74, 6) is 0.613. The third kappa shape index (κ3) is 2.62. The average molecular weight is 387 g/mol. The van der Waals surface area contributed by atoms with Crippen LogP contribution in [-0.4, -0.2) is 31.6 Å². The van der Waals surface area contributed by atoms with Gasteiger partial charge >= 0.3 is 0 Å². The number of halogens is 1. The fourth-order valence-corrected chi connectivity index (χ4v) is 3.99. The maximum absolute atomic E-state index is 11.7. The summed E-state index contributed by atoms with van der Waals surface area (Å²) >= 11 is 6.46. The van der Waals surface area contributed by atoms with Gasteiger partial charge in [0.15, 0.2) is 9.84 Å². The van der Waals surface area contributed by atoms with Gasteiger partial charge in [0, 0.05) is 22.4 Å². The molecular formula is C19H15ClN2O3S. The van der Waals surface area contributed by atoms with Crippen molar-refractivity contribution in [1.82, 2.24) is 9.78 Å². The van der Waals surface area contributed by atoms with Crippen molar-refractivity contribution < 1.29 is 13.2 Å². The third-order valence-corrected chi connectivity index (χ3v) is 5.87. The number of benzene rings is 3. The lowest BCUT2D eigenvalue weighted by Gasteiger charge is -2.10. The van der Waals surface area contributed by atoms with Crippen LogP contribution in [0.4, 0.5) is 0 Å². The maximum Gasteiger partial charge on any atom is 0.175 e. The molecule has 0 radical (unpaired) electrons. The van der Waals surface area contributed by atoms with Crippen molar-refractivity contribution in [1.29, 1.82) is 0 Å². The van der Waals surface area contributed by atoms with Crippen LogP contribution in [0.3, 0.4) is 0 Å². The molecule has 0 amide bonds. The molecule has 0 spiro atoms. The highest BCUT2D eigenvalue weighted by Gasteiger charge is 2.14. The van der Waals surface area contributed by atoms with E-state index in [-0.39, 0.29) is 4.90 Å². The van der Waals surface area contributed by atoms with Crippen LogP contribution >= 0.6 is 11.6 Å². The molecule has 1 aromatic heterocycles. The first-order chi connectivity index (χ1) is 12.4. The number of hydrogen-bond acceptors (Lipinski definition) is 4. The molecule has 0 fully saturated rings. The van der Waals surface area contributed by atoms with E-state index in [1.807, 2.05) is 24.3 Å². The largest absolute Gasteiger partial charge is 0.495 e. The minimum Gasteiger partial charge on any atom is -0.495 e. The Bertz CT molecular complexity index is 1250. The van der Waals surface area contributed by atoms with Crippen molar-refractivity contribution in [2.75, 3.05) is 13.4 Å². The molecule has 7 heteroatoms. The lowest BCUT2D eigenvalue weighted by atomic mass is 10.1. The van der Waals surface area contributed by atoms with Crippen molar-refractivity contribution in [3.63, 3.8) is 0 Å². The molecule has 0 unspecified atom stereocenters. The monoisotopic (exact) mass is 386 g/mol. The Balaban J connectivity index is 1.98. The van der Waals surface area contributed by atoms with Crippen molar-refractivity contribution in [2.24, 2.45) is 0 Å². The van der Waals surface area contributed by atoms with E-state index in [0.717, 1.165) is 27.4 Å². The predicted molar refractivity (Wildman–Crippen MR) is 103 cm³/mol. The molecule has 1 heterocycles. The van der Waals surface area contributed by atoms with Gasteiger partial charge in [-0.1, -0.05) is 23.7 Å².